The first kappa shape index (κ1) is 17.7. The van der Waals surface area contributed by atoms with Gasteiger partial charge in [-0.25, -0.2) is 4.79 Å². The maximum absolute atomic E-state index is 12.3. The second-order valence-electron chi connectivity index (χ2n) is 7.43. The lowest BCUT2D eigenvalue weighted by Crippen LogP contribution is -2.49. The zero-order chi connectivity index (χ0) is 16.8. The molecule has 0 atom stereocenters. The predicted molar refractivity (Wildman–Crippen MR) is 101 cm³/mol. The van der Waals surface area contributed by atoms with Gasteiger partial charge in [0.15, 0.2) is 0 Å². The summed E-state index contributed by atoms with van der Waals surface area (Å²) in [5, 5.41) is 5.32. The third kappa shape index (κ3) is 5.21. The predicted octanol–water partition coefficient (Wildman–Crippen LogP) is 3.59. The molecule has 5 heteroatoms. The SMILES string of the molecule is CN(CCc1cccs1)C(=O)NC1CCN(CC2CCCC2)CC1. The first-order valence-electron chi connectivity index (χ1n) is 9.47. The molecule has 2 heterocycles. The van der Waals surface area contributed by atoms with E-state index < -0.39 is 0 Å². The van der Waals surface area contributed by atoms with Gasteiger partial charge in [-0.05, 0) is 49.5 Å². The average molecular weight is 350 g/mol. The summed E-state index contributed by atoms with van der Waals surface area (Å²) in [7, 11) is 1.90. The number of hydrogen-bond acceptors (Lipinski definition) is 3. The number of hydrogen-bond donors (Lipinski definition) is 1. The van der Waals surface area contributed by atoms with E-state index in [0.29, 0.717) is 6.04 Å². The van der Waals surface area contributed by atoms with E-state index in [2.05, 4.69) is 27.7 Å². The molecule has 24 heavy (non-hydrogen) atoms. The Morgan fingerprint density at radius 2 is 2.04 bits per heavy atom. The van der Waals surface area contributed by atoms with Crippen molar-refractivity contribution in [1.29, 1.82) is 0 Å². The monoisotopic (exact) mass is 349 g/mol. The topological polar surface area (TPSA) is 35.6 Å². The standard InChI is InChI=1S/C19H31N3OS/c1-21(11-10-18-7-4-14-24-18)19(23)20-17-8-12-22(13-9-17)15-16-5-2-3-6-16/h4,7,14,16-17H,2-3,5-6,8-13,15H2,1H3,(H,20,23). The van der Waals surface area contributed by atoms with Crippen molar-refractivity contribution < 1.29 is 4.79 Å². The number of rotatable bonds is 6. The summed E-state index contributed by atoms with van der Waals surface area (Å²) in [5.74, 6) is 0.930. The Labute approximate surface area is 150 Å². The van der Waals surface area contributed by atoms with Gasteiger partial charge < -0.3 is 15.1 Å². The van der Waals surface area contributed by atoms with Crippen molar-refractivity contribution in [3.05, 3.63) is 22.4 Å². The molecule has 0 aromatic carbocycles. The molecule has 1 aliphatic heterocycles. The quantitative estimate of drug-likeness (QED) is 0.852. The molecule has 1 aromatic heterocycles. The molecule has 2 aliphatic rings. The van der Waals surface area contributed by atoms with Crippen molar-refractivity contribution in [3.8, 4) is 0 Å². The number of piperidine rings is 1. The lowest BCUT2D eigenvalue weighted by Gasteiger charge is -2.34. The molecular weight excluding hydrogens is 318 g/mol. The molecule has 1 aliphatic carbocycles. The number of nitrogens with zero attached hydrogens (tertiary/aromatic N) is 2. The maximum atomic E-state index is 12.3. The van der Waals surface area contributed by atoms with Crippen LogP contribution < -0.4 is 5.32 Å². The molecule has 0 bridgehead atoms. The minimum absolute atomic E-state index is 0.0841. The van der Waals surface area contributed by atoms with Gasteiger partial charge in [-0.3, -0.25) is 0 Å². The first-order valence-corrected chi connectivity index (χ1v) is 10.3. The molecule has 134 valence electrons. The molecule has 1 saturated carbocycles. The lowest BCUT2D eigenvalue weighted by atomic mass is 10.0. The molecule has 0 radical (unpaired) electrons. The second kappa shape index (κ2) is 8.86. The van der Waals surface area contributed by atoms with Gasteiger partial charge in [-0.15, -0.1) is 11.3 Å². The number of urea groups is 1. The van der Waals surface area contributed by atoms with Gasteiger partial charge >= 0.3 is 6.03 Å². The largest absolute Gasteiger partial charge is 0.335 e. The number of likely N-dealkylation sites (tertiary alicyclic amines) is 1. The Morgan fingerprint density at radius 3 is 2.71 bits per heavy atom. The van der Waals surface area contributed by atoms with Crippen LogP contribution >= 0.6 is 11.3 Å². The highest BCUT2D eigenvalue weighted by atomic mass is 32.1. The van der Waals surface area contributed by atoms with Crippen molar-refractivity contribution in [1.82, 2.24) is 15.1 Å². The number of nitrogens with one attached hydrogen (secondary N) is 1. The highest BCUT2D eigenvalue weighted by molar-refractivity contribution is 7.09. The van der Waals surface area contributed by atoms with Crippen LogP contribution in [-0.4, -0.2) is 55.1 Å². The maximum Gasteiger partial charge on any atom is 0.317 e. The van der Waals surface area contributed by atoms with E-state index in [9.17, 15) is 4.79 Å². The van der Waals surface area contributed by atoms with E-state index in [0.717, 1.165) is 44.8 Å². The molecular formula is C19H31N3OS. The number of amides is 2. The summed E-state index contributed by atoms with van der Waals surface area (Å²) in [6.07, 6.45) is 8.83. The van der Waals surface area contributed by atoms with Gasteiger partial charge in [0, 0.05) is 44.1 Å². The zero-order valence-corrected chi connectivity index (χ0v) is 15.7. The molecule has 1 N–H and O–H groups in total. The third-order valence-electron chi connectivity index (χ3n) is 5.53. The summed E-state index contributed by atoms with van der Waals surface area (Å²) in [4.78, 5) is 18.1. The normalized spacial score (nSPS) is 20.4. The van der Waals surface area contributed by atoms with Gasteiger partial charge in [0.05, 0.1) is 0 Å². The van der Waals surface area contributed by atoms with E-state index in [1.807, 2.05) is 11.9 Å². The van der Waals surface area contributed by atoms with E-state index in [-0.39, 0.29) is 6.03 Å². The Hall–Kier alpha value is -1.07. The first-order chi connectivity index (χ1) is 11.7. The van der Waals surface area contributed by atoms with E-state index in [1.165, 1.54) is 37.1 Å². The summed E-state index contributed by atoms with van der Waals surface area (Å²) in [5.41, 5.74) is 0. The summed E-state index contributed by atoms with van der Waals surface area (Å²) in [6.45, 7) is 4.34. The Morgan fingerprint density at radius 1 is 1.29 bits per heavy atom. The Bertz CT molecular complexity index is 491. The van der Waals surface area contributed by atoms with Crippen LogP contribution in [0.5, 0.6) is 0 Å². The molecule has 3 rings (SSSR count). The smallest absolute Gasteiger partial charge is 0.317 e. The molecule has 2 amide bonds. The third-order valence-corrected chi connectivity index (χ3v) is 6.46. The number of carbonyl (C=O) groups excluding carboxylic acids is 1. The Balaban J connectivity index is 1.33. The number of likely N-dealkylation sites (N-methyl/N-ethyl adjacent to an activating group) is 1. The van der Waals surface area contributed by atoms with Gasteiger partial charge in [-0.1, -0.05) is 18.9 Å². The van der Waals surface area contributed by atoms with E-state index in [4.69, 9.17) is 0 Å². The fourth-order valence-electron chi connectivity index (χ4n) is 3.94. The number of thiophene rings is 1. The molecule has 0 unspecified atom stereocenters. The minimum atomic E-state index is 0.0841. The minimum Gasteiger partial charge on any atom is -0.335 e. The molecule has 2 fully saturated rings. The Kier molecular flexibility index (Phi) is 6.55. The highest BCUT2D eigenvalue weighted by Crippen LogP contribution is 2.26. The molecule has 4 nitrogen and oxygen atoms in total. The molecule has 1 saturated heterocycles. The van der Waals surface area contributed by atoms with Crippen molar-refractivity contribution in [2.24, 2.45) is 5.92 Å². The highest BCUT2D eigenvalue weighted by Gasteiger charge is 2.24. The lowest BCUT2D eigenvalue weighted by molar-refractivity contribution is 0.164. The van der Waals surface area contributed by atoms with Gasteiger partial charge in [-0.2, -0.15) is 0 Å². The van der Waals surface area contributed by atoms with Crippen molar-refractivity contribution >= 4 is 17.4 Å². The van der Waals surface area contributed by atoms with Gasteiger partial charge in [0.1, 0.15) is 0 Å². The van der Waals surface area contributed by atoms with Crippen LogP contribution in [0.15, 0.2) is 17.5 Å². The van der Waals surface area contributed by atoms with Crippen LogP contribution in [0.2, 0.25) is 0 Å². The van der Waals surface area contributed by atoms with Crippen LogP contribution in [0.1, 0.15) is 43.4 Å². The molecule has 0 spiro atoms. The van der Waals surface area contributed by atoms with Crippen LogP contribution in [-0.2, 0) is 6.42 Å². The fraction of sp³-hybridized carbons (Fsp3) is 0.737. The van der Waals surface area contributed by atoms with Crippen molar-refractivity contribution in [3.63, 3.8) is 0 Å². The summed E-state index contributed by atoms with van der Waals surface area (Å²) >= 11 is 1.76. The van der Waals surface area contributed by atoms with Crippen molar-refractivity contribution in [2.75, 3.05) is 33.2 Å². The van der Waals surface area contributed by atoms with E-state index >= 15 is 0 Å². The molecule has 1 aromatic rings. The summed E-state index contributed by atoms with van der Waals surface area (Å²) < 4.78 is 0. The second-order valence-corrected chi connectivity index (χ2v) is 8.46. The van der Waals surface area contributed by atoms with Crippen molar-refractivity contribution in [2.45, 2.75) is 51.0 Å². The zero-order valence-electron chi connectivity index (χ0n) is 14.9. The fourth-order valence-corrected chi connectivity index (χ4v) is 4.64. The number of carbonyl (C=O) groups is 1. The van der Waals surface area contributed by atoms with E-state index in [1.54, 1.807) is 11.3 Å². The van der Waals surface area contributed by atoms with Crippen LogP contribution in [0.4, 0.5) is 4.79 Å². The average Bonchev–Trinajstić information content (AvgIpc) is 3.28. The van der Waals surface area contributed by atoms with Crippen LogP contribution in [0.25, 0.3) is 0 Å². The van der Waals surface area contributed by atoms with Gasteiger partial charge in [0.2, 0.25) is 0 Å². The van der Waals surface area contributed by atoms with Crippen LogP contribution in [0, 0.1) is 5.92 Å². The van der Waals surface area contributed by atoms with Gasteiger partial charge in [0.25, 0.3) is 0 Å². The summed E-state index contributed by atoms with van der Waals surface area (Å²) in [6, 6.07) is 4.64. The van der Waals surface area contributed by atoms with Crippen LogP contribution in [0.3, 0.4) is 0 Å².